The van der Waals surface area contributed by atoms with Gasteiger partial charge in [-0.3, -0.25) is 14.7 Å². The zero-order valence-electron chi connectivity index (χ0n) is 17.8. The number of H-pyrrole nitrogens is 1. The van der Waals surface area contributed by atoms with Gasteiger partial charge < -0.3 is 19.4 Å². The number of quaternary nitrogens is 1. The minimum absolute atomic E-state index is 0.00361. The Labute approximate surface area is 188 Å². The summed E-state index contributed by atoms with van der Waals surface area (Å²) in [7, 11) is 0. The van der Waals surface area contributed by atoms with Gasteiger partial charge in [-0.1, -0.05) is 0 Å². The van der Waals surface area contributed by atoms with Gasteiger partial charge in [0, 0.05) is 49.3 Å². The molecule has 1 fully saturated rings. The first-order chi connectivity index (χ1) is 16.0. The number of benzene rings is 1. The second-order valence-electron chi connectivity index (χ2n) is 8.99. The van der Waals surface area contributed by atoms with E-state index in [9.17, 15) is 20.0 Å². The minimum Gasteiger partial charge on any atom is -0.595 e. The summed E-state index contributed by atoms with van der Waals surface area (Å²) < 4.78 is 7.14. The van der Waals surface area contributed by atoms with Gasteiger partial charge in [0.1, 0.15) is 11.4 Å². The molecule has 3 atom stereocenters. The fourth-order valence-corrected chi connectivity index (χ4v) is 5.37. The molecule has 0 radical (unpaired) electrons. The van der Waals surface area contributed by atoms with Gasteiger partial charge in [0.05, 0.1) is 12.3 Å². The molecule has 1 saturated heterocycles. The molecule has 2 bridgehead atoms. The van der Waals surface area contributed by atoms with Crippen LogP contribution in [0.5, 0.6) is 5.75 Å². The number of carbonyl (C=O) groups excluding carboxylic acids is 1. The quantitative estimate of drug-likeness (QED) is 0.509. The number of nitrogens with one attached hydrogen (secondary N) is 2. The second kappa shape index (κ2) is 7.55. The fourth-order valence-electron chi connectivity index (χ4n) is 5.37. The first-order valence-corrected chi connectivity index (χ1v) is 11.1. The van der Waals surface area contributed by atoms with Crippen molar-refractivity contribution in [1.29, 1.82) is 0 Å². The molecule has 6 rings (SSSR count). The Kier molecular flexibility index (Phi) is 4.61. The molecule has 170 valence electrons. The number of fused-ring (bicyclic) bond motifs is 5. The number of carbonyl (C=O) groups is 1. The van der Waals surface area contributed by atoms with E-state index < -0.39 is 10.8 Å². The maximum Gasteiger partial charge on any atom is 0.315 e. The number of ether oxygens (including phenoxy) is 1. The lowest BCUT2D eigenvalue weighted by molar-refractivity contribution is -0.992. The highest BCUT2D eigenvalue weighted by atomic mass is 16.8. The highest BCUT2D eigenvalue weighted by Gasteiger charge is 2.37. The van der Waals surface area contributed by atoms with Crippen molar-refractivity contribution in [3.63, 3.8) is 0 Å². The summed E-state index contributed by atoms with van der Waals surface area (Å²) >= 11 is 0. The van der Waals surface area contributed by atoms with Crippen LogP contribution < -0.4 is 15.5 Å². The number of nitrogens with zero attached hydrogens (tertiary/aromatic N) is 3. The molecule has 3 aliphatic heterocycles. The summed E-state index contributed by atoms with van der Waals surface area (Å²) in [5.74, 6) is 0.878. The summed E-state index contributed by atoms with van der Waals surface area (Å²) in [5, 5.41) is 26.6. The van der Waals surface area contributed by atoms with Crippen molar-refractivity contribution in [2.75, 3.05) is 19.7 Å². The van der Waals surface area contributed by atoms with Crippen molar-refractivity contribution in [2.45, 2.75) is 25.3 Å². The van der Waals surface area contributed by atoms with E-state index in [1.165, 1.54) is 6.07 Å². The van der Waals surface area contributed by atoms with Gasteiger partial charge in [-0.25, -0.2) is 5.21 Å². The van der Waals surface area contributed by atoms with E-state index in [4.69, 9.17) is 4.74 Å². The van der Waals surface area contributed by atoms with Gasteiger partial charge in [0.2, 0.25) is 5.69 Å². The Balaban J connectivity index is 1.24. The lowest BCUT2D eigenvalue weighted by Gasteiger charge is -2.42. The number of hydrogen-bond donors (Lipinski definition) is 3. The minimum atomic E-state index is -1.21. The van der Waals surface area contributed by atoms with Crippen LogP contribution in [-0.4, -0.2) is 50.5 Å². The number of amides is 1. The highest BCUT2D eigenvalue weighted by Crippen LogP contribution is 2.36. The van der Waals surface area contributed by atoms with E-state index in [1.807, 2.05) is 17.0 Å². The molecule has 10 nitrogen and oxygen atoms in total. The van der Waals surface area contributed by atoms with Gasteiger partial charge in [0.25, 0.3) is 5.91 Å². The predicted octanol–water partition coefficient (Wildman–Crippen LogP) is 0.836. The van der Waals surface area contributed by atoms with Crippen molar-refractivity contribution in [1.82, 2.24) is 19.7 Å². The van der Waals surface area contributed by atoms with Crippen LogP contribution in [-0.2, 0) is 13.0 Å². The van der Waals surface area contributed by atoms with Gasteiger partial charge in [-0.15, -0.1) is 0 Å². The molecule has 3 N–H and O–H groups in total. The molecule has 0 spiro atoms. The van der Waals surface area contributed by atoms with E-state index in [-0.39, 0.29) is 23.4 Å². The van der Waals surface area contributed by atoms with Crippen molar-refractivity contribution in [3.05, 3.63) is 68.9 Å². The van der Waals surface area contributed by atoms with Crippen molar-refractivity contribution in [3.8, 4) is 17.0 Å². The summed E-state index contributed by atoms with van der Waals surface area (Å²) in [6, 6.07) is 10.8. The molecule has 2 aromatic heterocycles. The number of likely N-dealkylation sites (tertiary alicyclic amines) is 1. The van der Waals surface area contributed by atoms with E-state index in [0.29, 0.717) is 37.6 Å². The molecular formula is C23H23N5O5. The Hall–Kier alpha value is -3.47. The largest absolute Gasteiger partial charge is 0.595 e. The van der Waals surface area contributed by atoms with E-state index in [0.717, 1.165) is 35.4 Å². The third-order valence-electron chi connectivity index (χ3n) is 6.92. The van der Waals surface area contributed by atoms with Gasteiger partial charge >= 0.3 is 5.56 Å². The molecular weight excluding hydrogens is 426 g/mol. The Bertz CT molecular complexity index is 1310. The summed E-state index contributed by atoms with van der Waals surface area (Å²) in [6.07, 6.45) is 1.75. The zero-order chi connectivity index (χ0) is 22.7. The number of hydrogen-bond acceptors (Lipinski definition) is 6. The topological polar surface area (TPSA) is 128 Å². The van der Waals surface area contributed by atoms with Crippen LogP contribution >= 0.6 is 0 Å². The Morgan fingerprint density at radius 1 is 1.21 bits per heavy atom. The van der Waals surface area contributed by atoms with Crippen LogP contribution in [0.1, 0.15) is 34.1 Å². The third-order valence-corrected chi connectivity index (χ3v) is 6.92. The SMILES string of the molecule is O=C(c1cc(-c2ccc3c(c2)CCO3)n[nH]1)N1CC2CC(C1)c1ccc([NH+]([O-])O)c(=O)n1C2. The van der Waals surface area contributed by atoms with Gasteiger partial charge in [-0.05, 0) is 48.2 Å². The van der Waals surface area contributed by atoms with Gasteiger partial charge in [-0.2, -0.15) is 10.3 Å². The number of pyridine rings is 1. The van der Waals surface area contributed by atoms with E-state index >= 15 is 0 Å². The van der Waals surface area contributed by atoms with E-state index in [2.05, 4.69) is 16.3 Å². The number of aromatic nitrogens is 3. The number of piperidine rings is 1. The zero-order valence-corrected chi connectivity index (χ0v) is 17.8. The number of aromatic amines is 1. The number of rotatable bonds is 3. The lowest BCUT2D eigenvalue weighted by Crippen LogP contribution is -3.00. The molecule has 3 unspecified atom stereocenters. The average Bonchev–Trinajstić information content (AvgIpc) is 3.48. The molecule has 1 amide bonds. The smallest absolute Gasteiger partial charge is 0.315 e. The molecule has 33 heavy (non-hydrogen) atoms. The first kappa shape index (κ1) is 20.2. The van der Waals surface area contributed by atoms with Crippen LogP contribution in [0, 0.1) is 11.1 Å². The molecule has 5 heterocycles. The first-order valence-electron chi connectivity index (χ1n) is 11.1. The van der Waals surface area contributed by atoms with Crippen LogP contribution in [0.15, 0.2) is 41.2 Å². The van der Waals surface area contributed by atoms with Crippen molar-refractivity contribution < 1.29 is 20.0 Å². The van der Waals surface area contributed by atoms with E-state index in [1.54, 1.807) is 16.7 Å². The maximum absolute atomic E-state index is 13.3. The molecule has 0 aliphatic carbocycles. The monoisotopic (exact) mass is 449 g/mol. The summed E-state index contributed by atoms with van der Waals surface area (Å²) in [6.45, 7) is 2.10. The van der Waals surface area contributed by atoms with Crippen LogP contribution in [0.2, 0.25) is 0 Å². The van der Waals surface area contributed by atoms with Gasteiger partial charge in [0.15, 0.2) is 0 Å². The normalized spacial score (nSPS) is 21.8. The fraction of sp³-hybridized carbons (Fsp3) is 0.348. The Morgan fingerprint density at radius 3 is 2.94 bits per heavy atom. The highest BCUT2D eigenvalue weighted by molar-refractivity contribution is 5.93. The Morgan fingerprint density at radius 2 is 2.09 bits per heavy atom. The van der Waals surface area contributed by atoms with Crippen LogP contribution in [0.4, 0.5) is 5.69 Å². The predicted molar refractivity (Wildman–Crippen MR) is 116 cm³/mol. The second-order valence-corrected chi connectivity index (χ2v) is 8.99. The maximum atomic E-state index is 13.3. The average molecular weight is 449 g/mol. The van der Waals surface area contributed by atoms with Crippen LogP contribution in [0.3, 0.4) is 0 Å². The molecule has 10 heteroatoms. The van der Waals surface area contributed by atoms with Crippen molar-refractivity contribution in [2.24, 2.45) is 5.92 Å². The molecule has 3 aromatic rings. The third kappa shape index (κ3) is 3.34. The van der Waals surface area contributed by atoms with Crippen molar-refractivity contribution >= 4 is 11.6 Å². The standard InChI is InChI=1S/C23H23N5O5/c29-22(18-9-17(24-25-18)14-1-4-21-15(8-14)5-6-33-21)26-10-13-7-16(12-26)19-2-3-20(28(31)32)23(30)27(19)11-13/h1-4,8-9,13,16,28,31H,5-7,10-12H2,(H,24,25). The summed E-state index contributed by atoms with van der Waals surface area (Å²) in [5.41, 5.74) is 3.34. The molecule has 0 saturated carbocycles. The van der Waals surface area contributed by atoms with Crippen LogP contribution in [0.25, 0.3) is 11.3 Å². The summed E-state index contributed by atoms with van der Waals surface area (Å²) in [4.78, 5) is 27.7. The lowest BCUT2D eigenvalue weighted by atomic mass is 9.83. The molecule has 3 aliphatic rings. The molecule has 1 aromatic carbocycles.